The van der Waals surface area contributed by atoms with Crippen molar-refractivity contribution in [2.75, 3.05) is 0 Å². The topological polar surface area (TPSA) is 75.4 Å². The largest absolute Gasteiger partial charge is 0.488 e. The lowest BCUT2D eigenvalue weighted by atomic mass is 9.79. The highest BCUT2D eigenvalue weighted by Gasteiger charge is 2.11. The summed E-state index contributed by atoms with van der Waals surface area (Å²) in [6, 6.07) is 8.33. The first-order valence-electron chi connectivity index (χ1n) is 5.97. The molecule has 98 valence electrons. The molecule has 1 heterocycles. The van der Waals surface area contributed by atoms with Gasteiger partial charge < -0.3 is 10.0 Å². The summed E-state index contributed by atoms with van der Waals surface area (Å²) >= 11 is 0. The molecule has 2 N–H and O–H groups in total. The number of aromatic nitrogens is 2. The second kappa shape index (κ2) is 5.38. The number of benzene rings is 1. The van der Waals surface area contributed by atoms with Crippen LogP contribution in [0, 0.1) is 13.8 Å². The van der Waals surface area contributed by atoms with Crippen LogP contribution in [0.3, 0.4) is 0 Å². The first-order valence-corrected chi connectivity index (χ1v) is 5.97. The van der Waals surface area contributed by atoms with Crippen LogP contribution in [0.1, 0.15) is 17.1 Å². The maximum absolute atomic E-state index is 11.9. The second-order valence-electron chi connectivity index (χ2n) is 4.49. The van der Waals surface area contributed by atoms with E-state index >= 15 is 0 Å². The van der Waals surface area contributed by atoms with E-state index in [1.165, 1.54) is 6.07 Å². The summed E-state index contributed by atoms with van der Waals surface area (Å²) in [5, 5.41) is 18.3. The molecule has 0 atom stereocenters. The maximum Gasteiger partial charge on any atom is 0.488 e. The Labute approximate surface area is 111 Å². The fourth-order valence-corrected chi connectivity index (χ4v) is 1.99. The normalized spacial score (nSPS) is 10.5. The molecule has 5 nitrogen and oxygen atoms in total. The first-order chi connectivity index (χ1) is 8.97. The SMILES string of the molecule is Cc1cc(=O)n(Cc2cccc(B(O)O)c2)c(C)n1. The van der Waals surface area contributed by atoms with Crippen molar-refractivity contribution in [3.63, 3.8) is 0 Å². The highest BCUT2D eigenvalue weighted by atomic mass is 16.4. The highest BCUT2D eigenvalue weighted by Crippen LogP contribution is 2.02. The molecule has 19 heavy (non-hydrogen) atoms. The van der Waals surface area contributed by atoms with Crippen LogP contribution in [0.5, 0.6) is 0 Å². The van der Waals surface area contributed by atoms with Gasteiger partial charge >= 0.3 is 7.12 Å². The van der Waals surface area contributed by atoms with Gasteiger partial charge in [-0.05, 0) is 24.9 Å². The van der Waals surface area contributed by atoms with Gasteiger partial charge in [0.1, 0.15) is 5.82 Å². The molecule has 0 aliphatic heterocycles. The summed E-state index contributed by atoms with van der Waals surface area (Å²) in [4.78, 5) is 16.2. The van der Waals surface area contributed by atoms with Gasteiger partial charge in [0.2, 0.25) is 0 Å². The van der Waals surface area contributed by atoms with Gasteiger partial charge in [0.05, 0.1) is 6.54 Å². The molecule has 1 aromatic heterocycles. The van der Waals surface area contributed by atoms with Crippen molar-refractivity contribution in [3.05, 3.63) is 57.8 Å². The van der Waals surface area contributed by atoms with Crippen molar-refractivity contribution in [3.8, 4) is 0 Å². The molecule has 1 aromatic carbocycles. The lowest BCUT2D eigenvalue weighted by Crippen LogP contribution is -2.30. The number of hydrogen-bond acceptors (Lipinski definition) is 4. The van der Waals surface area contributed by atoms with Gasteiger partial charge in [0.25, 0.3) is 5.56 Å². The minimum Gasteiger partial charge on any atom is -0.423 e. The number of hydrogen-bond donors (Lipinski definition) is 2. The number of nitrogens with zero attached hydrogens (tertiary/aromatic N) is 2. The molecule has 2 aromatic rings. The monoisotopic (exact) mass is 258 g/mol. The molecule has 6 heteroatoms. The van der Waals surface area contributed by atoms with Crippen LogP contribution in [0.25, 0.3) is 0 Å². The van der Waals surface area contributed by atoms with E-state index in [1.54, 1.807) is 36.6 Å². The Morgan fingerprint density at radius 1 is 1.26 bits per heavy atom. The van der Waals surface area contributed by atoms with E-state index in [0.29, 0.717) is 23.5 Å². The lowest BCUT2D eigenvalue weighted by molar-refractivity contribution is 0.425. The van der Waals surface area contributed by atoms with Crippen molar-refractivity contribution in [2.45, 2.75) is 20.4 Å². The smallest absolute Gasteiger partial charge is 0.423 e. The summed E-state index contributed by atoms with van der Waals surface area (Å²) in [5.41, 5.74) is 1.81. The summed E-state index contributed by atoms with van der Waals surface area (Å²) < 4.78 is 1.55. The summed E-state index contributed by atoms with van der Waals surface area (Å²) in [7, 11) is -1.51. The maximum atomic E-state index is 11.9. The average molecular weight is 258 g/mol. The van der Waals surface area contributed by atoms with Crippen LogP contribution in [0.15, 0.2) is 35.1 Å². The van der Waals surface area contributed by atoms with Gasteiger partial charge in [-0.1, -0.05) is 24.3 Å². The van der Waals surface area contributed by atoms with Crippen LogP contribution >= 0.6 is 0 Å². The Morgan fingerprint density at radius 3 is 2.63 bits per heavy atom. The summed E-state index contributed by atoms with van der Waals surface area (Å²) in [6.45, 7) is 3.92. The molecule has 0 fully saturated rings. The van der Waals surface area contributed by atoms with E-state index in [2.05, 4.69) is 4.98 Å². The molecule has 0 aliphatic rings. The molecule has 0 aliphatic carbocycles. The van der Waals surface area contributed by atoms with Crippen molar-refractivity contribution in [2.24, 2.45) is 0 Å². The van der Waals surface area contributed by atoms with Gasteiger partial charge in [-0.15, -0.1) is 0 Å². The van der Waals surface area contributed by atoms with Crippen LogP contribution in [-0.2, 0) is 6.54 Å². The summed E-state index contributed by atoms with van der Waals surface area (Å²) in [5.74, 6) is 0.639. The Bertz CT molecular complexity index is 653. The predicted octanol–water partition coefficient (Wildman–Crippen LogP) is -0.412. The third kappa shape index (κ3) is 3.10. The van der Waals surface area contributed by atoms with Gasteiger partial charge in [-0.25, -0.2) is 4.98 Å². The molecule has 0 bridgehead atoms. The zero-order valence-electron chi connectivity index (χ0n) is 10.9. The number of rotatable bonds is 3. The van der Waals surface area contributed by atoms with Gasteiger partial charge in [-0.2, -0.15) is 0 Å². The first kappa shape index (κ1) is 13.5. The predicted molar refractivity (Wildman–Crippen MR) is 73.3 cm³/mol. The molecular weight excluding hydrogens is 243 g/mol. The standard InChI is InChI=1S/C13H15BN2O3/c1-9-6-13(17)16(10(2)15-9)8-11-4-3-5-12(7-11)14(18)19/h3-7,18-19H,8H2,1-2H3. The Morgan fingerprint density at radius 2 is 2.00 bits per heavy atom. The van der Waals surface area contributed by atoms with Gasteiger partial charge in [-0.3, -0.25) is 9.36 Å². The lowest BCUT2D eigenvalue weighted by Gasteiger charge is -2.10. The van der Waals surface area contributed by atoms with E-state index in [0.717, 1.165) is 5.56 Å². The van der Waals surface area contributed by atoms with Crippen LogP contribution in [-0.4, -0.2) is 26.7 Å². The van der Waals surface area contributed by atoms with E-state index in [9.17, 15) is 4.79 Å². The van der Waals surface area contributed by atoms with Crippen molar-refractivity contribution in [1.82, 2.24) is 9.55 Å². The van der Waals surface area contributed by atoms with Crippen molar-refractivity contribution in [1.29, 1.82) is 0 Å². The molecule has 0 unspecified atom stereocenters. The van der Waals surface area contributed by atoms with Crippen molar-refractivity contribution < 1.29 is 10.0 Å². The summed E-state index contributed by atoms with van der Waals surface area (Å²) in [6.07, 6.45) is 0. The Balaban J connectivity index is 2.37. The molecule has 0 radical (unpaired) electrons. The molecule has 0 saturated heterocycles. The molecular formula is C13H15BN2O3. The zero-order chi connectivity index (χ0) is 14.0. The van der Waals surface area contributed by atoms with Crippen molar-refractivity contribution >= 4 is 12.6 Å². The minimum atomic E-state index is -1.51. The van der Waals surface area contributed by atoms with E-state index < -0.39 is 7.12 Å². The Kier molecular flexibility index (Phi) is 3.83. The van der Waals surface area contributed by atoms with Gasteiger partial charge in [0.15, 0.2) is 0 Å². The zero-order valence-corrected chi connectivity index (χ0v) is 10.9. The molecule has 0 spiro atoms. The van der Waals surface area contributed by atoms with Crippen LogP contribution < -0.4 is 11.0 Å². The van der Waals surface area contributed by atoms with Gasteiger partial charge in [0, 0.05) is 11.8 Å². The van der Waals surface area contributed by atoms with E-state index in [4.69, 9.17) is 10.0 Å². The fraction of sp³-hybridized carbons (Fsp3) is 0.231. The third-order valence-electron chi connectivity index (χ3n) is 2.92. The fourth-order valence-electron chi connectivity index (χ4n) is 1.99. The molecule has 2 rings (SSSR count). The highest BCUT2D eigenvalue weighted by molar-refractivity contribution is 6.58. The number of aryl methyl sites for hydroxylation is 2. The molecule has 0 saturated carbocycles. The van der Waals surface area contributed by atoms with Crippen LogP contribution in [0.4, 0.5) is 0 Å². The van der Waals surface area contributed by atoms with E-state index in [1.807, 2.05) is 6.07 Å². The average Bonchev–Trinajstić information content (AvgIpc) is 2.34. The Hall–Kier alpha value is -1.92. The van der Waals surface area contributed by atoms with Crippen LogP contribution in [0.2, 0.25) is 0 Å². The minimum absolute atomic E-state index is 0.111. The second-order valence-corrected chi connectivity index (χ2v) is 4.49. The molecule has 0 amide bonds. The van der Waals surface area contributed by atoms with E-state index in [-0.39, 0.29) is 5.56 Å². The quantitative estimate of drug-likeness (QED) is 0.734. The third-order valence-corrected chi connectivity index (χ3v) is 2.92.